The summed E-state index contributed by atoms with van der Waals surface area (Å²) in [5, 5.41) is 0. The maximum absolute atomic E-state index is 4.50. The standard InChI is InChI=1S/C40H26N6S2/c1-5-25(21-41-17-1)37-29-9-10-30(45-29)38(26-6-2-18-42-22-26)35-15-16-36(48-35)40(28-8-4-20-44-24-28)32-12-11-31(46-32)39(27-7-3-19-43-23-27)34-14-13-33(37)47-34/h1-24,45-46H. The highest BCUT2D eigenvalue weighted by atomic mass is 32.1. The SMILES string of the molecule is c1cncc(C2=c3ccc(s3)=C(c3cccnc3)c3ccc([nH]3)C(c3cccnc3)=c3ccc(s3)=C(c3cccnc3)c3ccc2[nH]3)c1. The van der Waals surface area contributed by atoms with Crippen molar-refractivity contribution in [2.24, 2.45) is 0 Å². The predicted molar refractivity (Wildman–Crippen MR) is 192 cm³/mol. The molecule has 0 fully saturated rings. The Morgan fingerprint density at radius 1 is 0.333 bits per heavy atom. The second-order valence-electron chi connectivity index (χ2n) is 11.4. The van der Waals surface area contributed by atoms with Gasteiger partial charge in [0.1, 0.15) is 0 Å². The lowest BCUT2D eigenvalue weighted by Gasteiger charge is -2.08. The van der Waals surface area contributed by atoms with Crippen LogP contribution in [0.25, 0.3) is 22.3 Å². The lowest BCUT2D eigenvalue weighted by atomic mass is 10.0. The van der Waals surface area contributed by atoms with E-state index in [2.05, 4.69) is 103 Å². The van der Waals surface area contributed by atoms with Crippen LogP contribution < -0.4 is 18.1 Å². The van der Waals surface area contributed by atoms with Crippen molar-refractivity contribution in [1.82, 2.24) is 29.9 Å². The molecule has 228 valence electrons. The molecule has 9 heterocycles. The molecule has 0 saturated carbocycles. The van der Waals surface area contributed by atoms with Crippen LogP contribution in [0.4, 0.5) is 0 Å². The van der Waals surface area contributed by atoms with E-state index in [9.17, 15) is 0 Å². The average molecular weight is 655 g/mol. The van der Waals surface area contributed by atoms with E-state index in [-0.39, 0.29) is 0 Å². The van der Waals surface area contributed by atoms with Crippen LogP contribution in [0.5, 0.6) is 0 Å². The van der Waals surface area contributed by atoms with Crippen molar-refractivity contribution in [3.8, 4) is 0 Å². The first kappa shape index (κ1) is 28.3. The number of aromatic amines is 2. The highest BCUT2D eigenvalue weighted by Gasteiger charge is 2.18. The van der Waals surface area contributed by atoms with Crippen LogP contribution in [0.1, 0.15) is 45.0 Å². The Labute approximate surface area is 283 Å². The number of thiophene rings is 2. The van der Waals surface area contributed by atoms with Crippen LogP contribution in [0.15, 0.2) is 147 Å². The summed E-state index contributed by atoms with van der Waals surface area (Å²) in [6.45, 7) is 0. The second kappa shape index (κ2) is 12.0. The lowest BCUT2D eigenvalue weighted by Crippen LogP contribution is -2.09. The number of hydrogen-bond acceptors (Lipinski definition) is 6. The Kier molecular flexibility index (Phi) is 7.07. The quantitative estimate of drug-likeness (QED) is 0.268. The third kappa shape index (κ3) is 5.04. The van der Waals surface area contributed by atoms with Gasteiger partial charge in [-0.3, -0.25) is 19.9 Å². The fourth-order valence-electron chi connectivity index (χ4n) is 6.35. The average Bonchev–Trinajstić information content (AvgIpc) is 3.98. The molecule has 0 atom stereocenters. The monoisotopic (exact) mass is 654 g/mol. The Morgan fingerprint density at radius 3 is 0.833 bits per heavy atom. The molecule has 0 aliphatic carbocycles. The molecule has 0 spiro atoms. The number of pyridine rings is 4. The zero-order valence-electron chi connectivity index (χ0n) is 25.5. The van der Waals surface area contributed by atoms with Crippen molar-refractivity contribution >= 4 is 45.0 Å². The molecule has 9 rings (SSSR count). The van der Waals surface area contributed by atoms with Crippen LogP contribution in [-0.4, -0.2) is 29.9 Å². The van der Waals surface area contributed by atoms with Crippen molar-refractivity contribution in [1.29, 1.82) is 0 Å². The predicted octanol–water partition coefficient (Wildman–Crippen LogP) is 5.35. The molecule has 0 unspecified atom stereocenters. The zero-order valence-corrected chi connectivity index (χ0v) is 27.1. The third-order valence-electron chi connectivity index (χ3n) is 8.45. The molecule has 8 aromatic heterocycles. The summed E-state index contributed by atoms with van der Waals surface area (Å²) in [6, 6.07) is 34.0. The first-order valence-electron chi connectivity index (χ1n) is 15.5. The second-order valence-corrected chi connectivity index (χ2v) is 13.5. The van der Waals surface area contributed by atoms with Gasteiger partial charge in [0.15, 0.2) is 0 Å². The van der Waals surface area contributed by atoms with Crippen molar-refractivity contribution < 1.29 is 0 Å². The zero-order chi connectivity index (χ0) is 31.9. The van der Waals surface area contributed by atoms with Gasteiger partial charge in [0.25, 0.3) is 0 Å². The minimum absolute atomic E-state index is 1.02. The normalized spacial score (nSPS) is 12.8. The van der Waals surface area contributed by atoms with Gasteiger partial charge in [-0.2, -0.15) is 0 Å². The fraction of sp³-hybridized carbons (Fsp3) is 0. The number of nitrogens with zero attached hydrogens (tertiary/aromatic N) is 4. The molecule has 8 heteroatoms. The van der Waals surface area contributed by atoms with Gasteiger partial charge >= 0.3 is 0 Å². The fourth-order valence-corrected chi connectivity index (χ4v) is 8.69. The summed E-state index contributed by atoms with van der Waals surface area (Å²) < 4.78 is 4.54. The van der Waals surface area contributed by atoms with E-state index in [0.717, 1.165) is 85.5 Å². The van der Waals surface area contributed by atoms with Crippen LogP contribution in [0, 0.1) is 0 Å². The Balaban J connectivity index is 1.44. The molecular weight excluding hydrogens is 629 g/mol. The van der Waals surface area contributed by atoms with Crippen molar-refractivity contribution in [3.05, 3.63) is 210 Å². The lowest BCUT2D eigenvalue weighted by molar-refractivity contribution is 1.25. The summed E-state index contributed by atoms with van der Waals surface area (Å²) in [6.07, 6.45) is 15.0. The minimum atomic E-state index is 1.02. The molecule has 0 aromatic carbocycles. The molecule has 1 aliphatic rings. The summed E-state index contributed by atoms with van der Waals surface area (Å²) >= 11 is 3.52. The Hall–Kier alpha value is -5.96. The van der Waals surface area contributed by atoms with E-state index in [1.165, 1.54) is 0 Å². The number of fused-ring (bicyclic) bond motifs is 8. The van der Waals surface area contributed by atoms with Gasteiger partial charge in [0, 0.05) is 135 Å². The van der Waals surface area contributed by atoms with E-state index >= 15 is 0 Å². The molecule has 8 bridgehead atoms. The van der Waals surface area contributed by atoms with Crippen LogP contribution in [-0.2, 0) is 0 Å². The van der Waals surface area contributed by atoms with E-state index in [0.29, 0.717) is 0 Å². The van der Waals surface area contributed by atoms with E-state index in [1.54, 1.807) is 22.7 Å². The van der Waals surface area contributed by atoms with Crippen LogP contribution in [0.3, 0.4) is 0 Å². The van der Waals surface area contributed by atoms with Crippen molar-refractivity contribution in [2.45, 2.75) is 0 Å². The number of aromatic nitrogens is 6. The summed E-state index contributed by atoms with van der Waals surface area (Å²) in [4.78, 5) is 25.6. The number of rotatable bonds is 4. The summed E-state index contributed by atoms with van der Waals surface area (Å²) in [5.74, 6) is 0. The van der Waals surface area contributed by atoms with Gasteiger partial charge in [-0.15, -0.1) is 22.7 Å². The van der Waals surface area contributed by atoms with Crippen molar-refractivity contribution in [3.63, 3.8) is 0 Å². The smallest absolute Gasteiger partial charge is 0.0479 e. The molecule has 1 aliphatic heterocycles. The Morgan fingerprint density at radius 2 is 0.604 bits per heavy atom. The minimum Gasteiger partial charge on any atom is -0.354 e. The molecule has 6 nitrogen and oxygen atoms in total. The molecule has 2 N–H and O–H groups in total. The molecule has 8 aromatic rings. The van der Waals surface area contributed by atoms with E-state index in [1.807, 2.05) is 73.8 Å². The number of H-pyrrole nitrogens is 2. The molecule has 0 radical (unpaired) electrons. The first-order valence-corrected chi connectivity index (χ1v) is 17.1. The maximum Gasteiger partial charge on any atom is 0.0479 e. The maximum atomic E-state index is 4.50. The largest absolute Gasteiger partial charge is 0.354 e. The van der Waals surface area contributed by atoms with Crippen LogP contribution >= 0.6 is 22.7 Å². The van der Waals surface area contributed by atoms with Crippen LogP contribution in [0.2, 0.25) is 0 Å². The van der Waals surface area contributed by atoms with Crippen molar-refractivity contribution in [2.75, 3.05) is 0 Å². The number of hydrogen-bond donors (Lipinski definition) is 2. The topological polar surface area (TPSA) is 83.1 Å². The van der Waals surface area contributed by atoms with Gasteiger partial charge in [-0.25, -0.2) is 0 Å². The first-order chi connectivity index (χ1) is 23.8. The third-order valence-corrected chi connectivity index (χ3v) is 10.7. The molecule has 0 saturated heterocycles. The van der Waals surface area contributed by atoms with Gasteiger partial charge in [0.2, 0.25) is 0 Å². The molecule has 48 heavy (non-hydrogen) atoms. The highest BCUT2D eigenvalue weighted by Crippen LogP contribution is 2.28. The molecule has 0 amide bonds. The van der Waals surface area contributed by atoms with Gasteiger partial charge in [-0.05, 0) is 72.8 Å². The summed E-state index contributed by atoms with van der Waals surface area (Å²) in [7, 11) is 0. The van der Waals surface area contributed by atoms with E-state index < -0.39 is 0 Å². The number of nitrogens with one attached hydrogen (secondary N) is 2. The Bertz CT molecular complexity index is 2290. The van der Waals surface area contributed by atoms with Gasteiger partial charge < -0.3 is 9.97 Å². The van der Waals surface area contributed by atoms with E-state index in [4.69, 9.17) is 0 Å². The molecular formula is C40H26N6S2. The van der Waals surface area contributed by atoms with Gasteiger partial charge in [0.05, 0.1) is 0 Å². The van der Waals surface area contributed by atoms with Gasteiger partial charge in [-0.1, -0.05) is 24.3 Å². The summed E-state index contributed by atoms with van der Waals surface area (Å²) in [5.41, 5.74) is 12.6. The highest BCUT2D eigenvalue weighted by molar-refractivity contribution is 7.08.